The predicted molar refractivity (Wildman–Crippen MR) is 100 cm³/mol. The first-order valence-electron chi connectivity index (χ1n) is 8.56. The number of likely N-dealkylation sites (N-methyl/N-ethyl adjacent to an activating group) is 1. The number of hydrogen-bond acceptors (Lipinski definition) is 3. The number of hydrogen-bond donors (Lipinski definition) is 1. The van der Waals surface area contributed by atoms with Gasteiger partial charge in [-0.25, -0.2) is 4.79 Å². The third-order valence-corrected chi connectivity index (χ3v) is 7.53. The van der Waals surface area contributed by atoms with Gasteiger partial charge in [0.05, 0.1) is 8.07 Å². The molecule has 5 nitrogen and oxygen atoms in total. The molecule has 1 saturated heterocycles. The van der Waals surface area contributed by atoms with Gasteiger partial charge in [0.2, 0.25) is 0 Å². The van der Waals surface area contributed by atoms with E-state index in [-0.39, 0.29) is 6.09 Å². The minimum Gasteiger partial charge on any atom is -0.409 e. The standard InChI is InChI=1S/C18H27N3O2Si/c1-20(2)9-8-14-12-19-15-6-5-7-16(17(14)15)23-18(22)21-10-11-24(3,4)13-21/h5-7,12,19H,8-11,13H2,1-4H3. The number of carbonyl (C=O) groups excluding carboxylic acids is 1. The molecule has 130 valence electrons. The van der Waals surface area contributed by atoms with Crippen LogP contribution in [0.4, 0.5) is 4.79 Å². The smallest absolute Gasteiger partial charge is 0.409 e. The molecular weight excluding hydrogens is 318 g/mol. The molecule has 24 heavy (non-hydrogen) atoms. The Labute approximate surface area is 144 Å². The molecule has 0 saturated carbocycles. The summed E-state index contributed by atoms with van der Waals surface area (Å²) in [5, 5.41) is 1.03. The molecule has 3 rings (SSSR count). The molecule has 0 bridgehead atoms. The summed E-state index contributed by atoms with van der Waals surface area (Å²) in [6.45, 7) is 6.44. The van der Waals surface area contributed by atoms with Gasteiger partial charge in [0.15, 0.2) is 0 Å². The number of amides is 1. The van der Waals surface area contributed by atoms with Crippen LogP contribution in [0.15, 0.2) is 24.4 Å². The number of benzene rings is 1. The van der Waals surface area contributed by atoms with Gasteiger partial charge in [-0.05, 0) is 44.3 Å². The van der Waals surface area contributed by atoms with Gasteiger partial charge in [-0.2, -0.15) is 0 Å². The molecule has 2 aromatic rings. The normalized spacial score (nSPS) is 17.0. The number of nitrogens with one attached hydrogen (secondary N) is 1. The van der Waals surface area contributed by atoms with Crippen molar-refractivity contribution in [3.63, 3.8) is 0 Å². The van der Waals surface area contributed by atoms with Crippen LogP contribution in [0, 0.1) is 0 Å². The van der Waals surface area contributed by atoms with E-state index >= 15 is 0 Å². The van der Waals surface area contributed by atoms with Crippen LogP contribution in [0.2, 0.25) is 19.1 Å². The Balaban J connectivity index is 1.81. The highest BCUT2D eigenvalue weighted by Gasteiger charge is 2.34. The molecule has 2 heterocycles. The molecular formula is C18H27N3O2Si. The number of H-pyrrole nitrogens is 1. The first-order valence-corrected chi connectivity index (χ1v) is 12.0. The van der Waals surface area contributed by atoms with Crippen LogP contribution in [0.5, 0.6) is 5.75 Å². The molecule has 1 aromatic carbocycles. The Hall–Kier alpha value is -1.79. The van der Waals surface area contributed by atoms with Crippen molar-refractivity contribution < 1.29 is 9.53 Å². The van der Waals surface area contributed by atoms with E-state index in [2.05, 4.69) is 37.1 Å². The average molecular weight is 346 g/mol. The Morgan fingerprint density at radius 3 is 2.83 bits per heavy atom. The van der Waals surface area contributed by atoms with Gasteiger partial charge < -0.3 is 19.5 Å². The molecule has 0 aliphatic carbocycles. The van der Waals surface area contributed by atoms with Crippen molar-refractivity contribution in [1.82, 2.24) is 14.8 Å². The lowest BCUT2D eigenvalue weighted by Gasteiger charge is -2.18. The number of nitrogens with zero attached hydrogens (tertiary/aromatic N) is 2. The zero-order valence-corrected chi connectivity index (χ0v) is 16.1. The third-order valence-electron chi connectivity index (χ3n) is 4.71. The molecule has 6 heteroatoms. The topological polar surface area (TPSA) is 48.6 Å². The second-order valence-electron chi connectivity index (χ2n) is 7.75. The SMILES string of the molecule is CN(C)CCc1c[nH]c2cccc(OC(=O)N3CC[Si](C)(C)C3)c12. The molecule has 0 atom stereocenters. The van der Waals surface area contributed by atoms with Gasteiger partial charge in [-0.3, -0.25) is 0 Å². The summed E-state index contributed by atoms with van der Waals surface area (Å²) in [5.41, 5.74) is 2.21. The first-order chi connectivity index (χ1) is 11.4. The van der Waals surface area contributed by atoms with E-state index in [9.17, 15) is 4.79 Å². The van der Waals surface area contributed by atoms with Gasteiger partial charge in [0.25, 0.3) is 0 Å². The maximum absolute atomic E-state index is 12.6. The van der Waals surface area contributed by atoms with Crippen LogP contribution in [0.1, 0.15) is 5.56 Å². The van der Waals surface area contributed by atoms with Crippen molar-refractivity contribution in [3.8, 4) is 5.75 Å². The van der Waals surface area contributed by atoms with Crippen LogP contribution in [0.25, 0.3) is 10.9 Å². The molecule has 1 fully saturated rings. The quantitative estimate of drug-likeness (QED) is 0.865. The molecule has 1 aromatic heterocycles. The maximum atomic E-state index is 12.6. The first kappa shape index (κ1) is 17.0. The van der Waals surface area contributed by atoms with Crippen molar-refractivity contribution >= 4 is 25.1 Å². The largest absolute Gasteiger partial charge is 0.414 e. The van der Waals surface area contributed by atoms with Crippen molar-refractivity contribution in [2.75, 3.05) is 33.4 Å². The lowest BCUT2D eigenvalue weighted by molar-refractivity contribution is 0.165. The summed E-state index contributed by atoms with van der Waals surface area (Å²) in [6.07, 6.45) is 3.63. The van der Waals surface area contributed by atoms with E-state index in [1.807, 2.05) is 29.3 Å². The van der Waals surface area contributed by atoms with Crippen LogP contribution < -0.4 is 4.74 Å². The molecule has 1 N–H and O–H groups in total. The van der Waals surface area contributed by atoms with Crippen molar-refractivity contribution in [2.45, 2.75) is 25.6 Å². The van der Waals surface area contributed by atoms with Gasteiger partial charge in [0, 0.05) is 36.4 Å². The number of aromatic amines is 1. The molecule has 1 amide bonds. The minimum atomic E-state index is -1.25. The molecule has 0 unspecified atom stereocenters. The van der Waals surface area contributed by atoms with Crippen LogP contribution in [-0.4, -0.2) is 62.3 Å². The minimum absolute atomic E-state index is 0.208. The van der Waals surface area contributed by atoms with E-state index in [0.717, 1.165) is 42.6 Å². The fourth-order valence-electron chi connectivity index (χ4n) is 3.27. The summed E-state index contributed by atoms with van der Waals surface area (Å²) in [7, 11) is 2.88. The van der Waals surface area contributed by atoms with E-state index < -0.39 is 8.07 Å². The number of aromatic nitrogens is 1. The predicted octanol–water partition coefficient (Wildman–Crippen LogP) is 3.33. The van der Waals surface area contributed by atoms with Crippen molar-refractivity contribution in [1.29, 1.82) is 0 Å². The van der Waals surface area contributed by atoms with E-state index in [1.54, 1.807) is 0 Å². The van der Waals surface area contributed by atoms with Crippen molar-refractivity contribution in [2.24, 2.45) is 0 Å². The van der Waals surface area contributed by atoms with Gasteiger partial charge in [-0.15, -0.1) is 0 Å². The maximum Gasteiger partial charge on any atom is 0.414 e. The molecule has 0 spiro atoms. The van der Waals surface area contributed by atoms with E-state index in [0.29, 0.717) is 5.75 Å². The highest BCUT2D eigenvalue weighted by Crippen LogP contribution is 2.30. The lowest BCUT2D eigenvalue weighted by Crippen LogP contribution is -2.36. The third kappa shape index (κ3) is 3.65. The van der Waals surface area contributed by atoms with E-state index in [4.69, 9.17) is 4.74 Å². The highest BCUT2D eigenvalue weighted by molar-refractivity contribution is 6.78. The Morgan fingerprint density at radius 2 is 2.17 bits per heavy atom. The van der Waals surface area contributed by atoms with E-state index in [1.165, 1.54) is 5.56 Å². The van der Waals surface area contributed by atoms with Gasteiger partial charge in [-0.1, -0.05) is 19.2 Å². The number of rotatable bonds is 4. The summed E-state index contributed by atoms with van der Waals surface area (Å²) < 4.78 is 5.79. The summed E-state index contributed by atoms with van der Waals surface area (Å²) >= 11 is 0. The number of carbonyl (C=O) groups is 1. The highest BCUT2D eigenvalue weighted by atomic mass is 28.3. The Morgan fingerprint density at radius 1 is 1.38 bits per heavy atom. The lowest BCUT2D eigenvalue weighted by atomic mass is 10.1. The monoisotopic (exact) mass is 345 g/mol. The molecule has 1 aliphatic heterocycles. The zero-order valence-electron chi connectivity index (χ0n) is 15.1. The fraction of sp³-hybridized carbons (Fsp3) is 0.500. The summed E-state index contributed by atoms with van der Waals surface area (Å²) in [4.78, 5) is 19.9. The second-order valence-corrected chi connectivity index (χ2v) is 12.9. The Kier molecular flexibility index (Phi) is 4.69. The molecule has 1 aliphatic rings. The number of ether oxygens (including phenoxy) is 1. The van der Waals surface area contributed by atoms with Crippen molar-refractivity contribution in [3.05, 3.63) is 30.0 Å². The second kappa shape index (κ2) is 6.61. The van der Waals surface area contributed by atoms with Crippen LogP contribution in [0.3, 0.4) is 0 Å². The van der Waals surface area contributed by atoms with Gasteiger partial charge >= 0.3 is 6.09 Å². The zero-order chi connectivity index (χ0) is 17.3. The number of fused-ring (bicyclic) bond motifs is 1. The Bertz CT molecular complexity index is 739. The fourth-order valence-corrected chi connectivity index (χ4v) is 5.63. The van der Waals surface area contributed by atoms with Gasteiger partial charge in [0.1, 0.15) is 5.75 Å². The molecule has 0 radical (unpaired) electrons. The van der Waals surface area contributed by atoms with Crippen LogP contribution >= 0.6 is 0 Å². The average Bonchev–Trinajstić information content (AvgIpc) is 3.09. The summed E-state index contributed by atoms with van der Waals surface area (Å²) in [5.74, 6) is 0.666. The van der Waals surface area contributed by atoms with Crippen LogP contribution in [-0.2, 0) is 6.42 Å². The summed E-state index contributed by atoms with van der Waals surface area (Å²) in [6, 6.07) is 7.01.